The van der Waals surface area contributed by atoms with Gasteiger partial charge in [0, 0.05) is 30.3 Å². The standard InChI is InChI=1S/C31H33FN4O5/c32-22-6-4-21-16-35(25(18-2-3-18)9-5-19(21)14-22)26(37)17-36-28(39)31(41-29(36)40)13-10-20-15-23(7-8-24(20)31)34-27(38)30(33)11-1-12-30/h4,6-8,14-15,18,25H,1-3,5,9-13,16-17,33H2,(H,34,38)/t25-,31-/m0/s1. The number of nitrogens with two attached hydrogens (primary N) is 1. The van der Waals surface area contributed by atoms with Crippen LogP contribution in [-0.4, -0.2) is 51.7 Å². The van der Waals surface area contributed by atoms with Gasteiger partial charge in [-0.05, 0) is 98.2 Å². The summed E-state index contributed by atoms with van der Waals surface area (Å²) in [5.41, 5.74) is 7.59. The molecular weight excluding hydrogens is 527 g/mol. The number of benzene rings is 2. The molecule has 9 nitrogen and oxygen atoms in total. The van der Waals surface area contributed by atoms with Gasteiger partial charge in [0.05, 0.1) is 5.54 Å². The van der Waals surface area contributed by atoms with E-state index in [-0.39, 0.29) is 30.1 Å². The lowest BCUT2D eigenvalue weighted by molar-refractivity contribution is -0.143. The summed E-state index contributed by atoms with van der Waals surface area (Å²) in [5.74, 6) is -1.00. The van der Waals surface area contributed by atoms with Gasteiger partial charge in [0.25, 0.3) is 5.91 Å². The summed E-state index contributed by atoms with van der Waals surface area (Å²) in [4.78, 5) is 55.9. The van der Waals surface area contributed by atoms with Gasteiger partial charge in [0.2, 0.25) is 17.4 Å². The second-order valence-corrected chi connectivity index (χ2v) is 12.3. The van der Waals surface area contributed by atoms with E-state index in [0.29, 0.717) is 55.8 Å². The van der Waals surface area contributed by atoms with E-state index >= 15 is 0 Å². The molecule has 7 rings (SSSR count). The van der Waals surface area contributed by atoms with Crippen molar-refractivity contribution in [1.82, 2.24) is 9.80 Å². The summed E-state index contributed by atoms with van der Waals surface area (Å²) in [5, 5.41) is 2.88. The van der Waals surface area contributed by atoms with Crippen LogP contribution in [0.3, 0.4) is 0 Å². The SMILES string of the molecule is NC1(C(=O)Nc2ccc3c(c2)CC[C@]32OC(=O)N(CC(=O)N3Cc4ccc(F)cc4CC[C@H]3C3CC3)C2=O)CCC1. The zero-order valence-corrected chi connectivity index (χ0v) is 22.8. The van der Waals surface area contributed by atoms with Crippen molar-refractivity contribution in [2.45, 2.75) is 81.5 Å². The van der Waals surface area contributed by atoms with Crippen molar-refractivity contribution < 1.29 is 28.3 Å². The summed E-state index contributed by atoms with van der Waals surface area (Å²) in [7, 11) is 0. The molecule has 2 aliphatic heterocycles. The zero-order valence-electron chi connectivity index (χ0n) is 22.8. The molecule has 2 aromatic rings. The van der Waals surface area contributed by atoms with E-state index < -0.39 is 29.7 Å². The highest BCUT2D eigenvalue weighted by Crippen LogP contribution is 2.46. The minimum absolute atomic E-state index is 0.0194. The number of rotatable bonds is 5. The van der Waals surface area contributed by atoms with Gasteiger partial charge < -0.3 is 20.7 Å². The van der Waals surface area contributed by atoms with Crippen LogP contribution in [0.5, 0.6) is 0 Å². The largest absolute Gasteiger partial charge is 0.427 e. The topological polar surface area (TPSA) is 122 Å². The number of amides is 4. The Morgan fingerprint density at radius 2 is 1.80 bits per heavy atom. The van der Waals surface area contributed by atoms with E-state index in [4.69, 9.17) is 10.5 Å². The Balaban J connectivity index is 1.09. The van der Waals surface area contributed by atoms with Crippen molar-refractivity contribution >= 4 is 29.5 Å². The highest BCUT2D eigenvalue weighted by atomic mass is 19.1. The molecule has 4 amide bonds. The van der Waals surface area contributed by atoms with Crippen LogP contribution in [0.4, 0.5) is 14.9 Å². The second-order valence-electron chi connectivity index (χ2n) is 12.3. The Labute approximate surface area is 237 Å². The summed E-state index contributed by atoms with van der Waals surface area (Å²) >= 11 is 0. The first-order chi connectivity index (χ1) is 19.7. The zero-order chi connectivity index (χ0) is 28.5. The molecule has 3 fully saturated rings. The number of ether oxygens (including phenoxy) is 1. The van der Waals surface area contributed by atoms with E-state index in [2.05, 4.69) is 5.32 Å². The first-order valence-corrected chi connectivity index (χ1v) is 14.5. The number of carbonyl (C=O) groups excluding carboxylic acids is 4. The molecule has 2 aromatic carbocycles. The molecule has 0 bridgehead atoms. The third-order valence-corrected chi connectivity index (χ3v) is 9.71. The van der Waals surface area contributed by atoms with Gasteiger partial charge in [-0.15, -0.1) is 0 Å². The van der Waals surface area contributed by atoms with E-state index in [1.807, 2.05) is 0 Å². The molecule has 0 aromatic heterocycles. The fourth-order valence-corrected chi connectivity index (χ4v) is 6.98. The maximum Gasteiger partial charge on any atom is 0.418 e. The summed E-state index contributed by atoms with van der Waals surface area (Å²) in [6.07, 6.45) is 5.59. The molecular formula is C31H33FN4O5. The van der Waals surface area contributed by atoms with Crippen LogP contribution >= 0.6 is 0 Å². The van der Waals surface area contributed by atoms with Gasteiger partial charge in [-0.2, -0.15) is 0 Å². The Bertz CT molecular complexity index is 1480. The van der Waals surface area contributed by atoms with Crippen molar-refractivity contribution in [3.8, 4) is 0 Å². The average Bonchev–Trinajstić information content (AvgIpc) is 3.70. The lowest BCUT2D eigenvalue weighted by atomic mass is 9.77. The van der Waals surface area contributed by atoms with Crippen LogP contribution in [0.2, 0.25) is 0 Å². The molecule has 10 heteroatoms. The smallest absolute Gasteiger partial charge is 0.418 e. The van der Waals surface area contributed by atoms with Crippen molar-refractivity contribution in [2.24, 2.45) is 11.7 Å². The maximum atomic E-state index is 13.9. The Morgan fingerprint density at radius 1 is 1.00 bits per heavy atom. The second kappa shape index (κ2) is 9.37. The van der Waals surface area contributed by atoms with E-state index in [1.165, 1.54) is 12.1 Å². The van der Waals surface area contributed by atoms with Crippen molar-refractivity contribution in [2.75, 3.05) is 11.9 Å². The lowest BCUT2D eigenvalue weighted by Gasteiger charge is -2.36. The van der Waals surface area contributed by atoms with Crippen LogP contribution in [0.1, 0.15) is 67.2 Å². The number of imide groups is 1. The number of hydrogen-bond donors (Lipinski definition) is 2. The van der Waals surface area contributed by atoms with Gasteiger partial charge >= 0.3 is 6.09 Å². The molecule has 2 heterocycles. The molecule has 214 valence electrons. The summed E-state index contributed by atoms with van der Waals surface area (Å²) < 4.78 is 19.7. The maximum absolute atomic E-state index is 13.9. The number of anilines is 1. The highest BCUT2D eigenvalue weighted by Gasteiger charge is 2.58. The molecule has 41 heavy (non-hydrogen) atoms. The van der Waals surface area contributed by atoms with Gasteiger partial charge in [-0.3, -0.25) is 14.4 Å². The van der Waals surface area contributed by atoms with Crippen LogP contribution in [-0.2, 0) is 44.1 Å². The number of nitrogens with zero attached hydrogens (tertiary/aromatic N) is 2. The molecule has 3 aliphatic carbocycles. The molecule has 0 unspecified atom stereocenters. The fraction of sp³-hybridized carbons (Fsp3) is 0.484. The minimum atomic E-state index is -1.48. The number of halogens is 1. The Hall–Kier alpha value is -3.79. The Kier molecular flexibility index (Phi) is 5.97. The van der Waals surface area contributed by atoms with Gasteiger partial charge in [-0.25, -0.2) is 14.1 Å². The summed E-state index contributed by atoms with van der Waals surface area (Å²) in [6, 6.07) is 9.85. The molecule has 1 saturated heterocycles. The minimum Gasteiger partial charge on any atom is -0.427 e. The van der Waals surface area contributed by atoms with E-state index in [1.54, 1.807) is 29.2 Å². The lowest BCUT2D eigenvalue weighted by Crippen LogP contribution is -2.56. The predicted molar refractivity (Wildman–Crippen MR) is 146 cm³/mol. The van der Waals surface area contributed by atoms with Gasteiger partial charge in [0.1, 0.15) is 12.4 Å². The van der Waals surface area contributed by atoms with Crippen LogP contribution in [0, 0.1) is 11.7 Å². The fourth-order valence-electron chi connectivity index (χ4n) is 6.98. The Morgan fingerprint density at radius 3 is 2.54 bits per heavy atom. The van der Waals surface area contributed by atoms with Crippen LogP contribution in [0.15, 0.2) is 36.4 Å². The highest BCUT2D eigenvalue weighted by molar-refractivity contribution is 6.06. The first kappa shape index (κ1) is 26.1. The quantitative estimate of drug-likeness (QED) is 0.577. The molecule has 5 aliphatic rings. The molecule has 2 atom stereocenters. The van der Waals surface area contributed by atoms with Crippen molar-refractivity contribution in [3.05, 3.63) is 64.5 Å². The van der Waals surface area contributed by atoms with Crippen molar-refractivity contribution in [3.63, 3.8) is 0 Å². The monoisotopic (exact) mass is 560 g/mol. The first-order valence-electron chi connectivity index (χ1n) is 14.5. The molecule has 2 saturated carbocycles. The molecule has 1 spiro atoms. The van der Waals surface area contributed by atoms with E-state index in [0.717, 1.165) is 40.9 Å². The predicted octanol–water partition coefficient (Wildman–Crippen LogP) is 3.52. The normalized spacial score (nSPS) is 26.2. The van der Waals surface area contributed by atoms with Gasteiger partial charge in [-0.1, -0.05) is 12.1 Å². The van der Waals surface area contributed by atoms with Crippen molar-refractivity contribution in [1.29, 1.82) is 0 Å². The number of aryl methyl sites for hydroxylation is 2. The number of fused-ring (bicyclic) bond motifs is 3. The van der Waals surface area contributed by atoms with Crippen LogP contribution < -0.4 is 11.1 Å². The number of carbonyl (C=O) groups is 4. The average molecular weight is 561 g/mol. The number of nitrogens with one attached hydrogen (secondary N) is 1. The molecule has 0 radical (unpaired) electrons. The third-order valence-electron chi connectivity index (χ3n) is 9.71. The van der Waals surface area contributed by atoms with Crippen LogP contribution in [0.25, 0.3) is 0 Å². The van der Waals surface area contributed by atoms with Gasteiger partial charge in [0.15, 0.2) is 0 Å². The number of hydrogen-bond acceptors (Lipinski definition) is 6. The third kappa shape index (κ3) is 4.31. The summed E-state index contributed by atoms with van der Waals surface area (Å²) in [6.45, 7) is -0.0829. The molecule has 3 N–H and O–H groups in total. The van der Waals surface area contributed by atoms with E-state index in [9.17, 15) is 23.6 Å².